The Morgan fingerprint density at radius 1 is 1.16 bits per heavy atom. The summed E-state index contributed by atoms with van der Waals surface area (Å²) < 4.78 is 0. The van der Waals surface area contributed by atoms with Gasteiger partial charge in [-0.2, -0.15) is 0 Å². The van der Waals surface area contributed by atoms with Gasteiger partial charge in [-0.25, -0.2) is 0 Å². The van der Waals surface area contributed by atoms with Crippen LogP contribution < -0.4 is 16.0 Å². The van der Waals surface area contributed by atoms with Crippen molar-refractivity contribution in [1.82, 2.24) is 10.6 Å². The van der Waals surface area contributed by atoms with Crippen LogP contribution in [0.25, 0.3) is 0 Å². The number of hydrogen-bond donors (Lipinski definition) is 3. The predicted octanol–water partition coefficient (Wildman–Crippen LogP) is 4.08. The van der Waals surface area contributed by atoms with Crippen LogP contribution in [0.15, 0.2) is 59.8 Å². The van der Waals surface area contributed by atoms with E-state index in [1.165, 1.54) is 0 Å². The number of rotatable bonds is 3. The monoisotopic (exact) mass is 371 g/mol. The lowest BCUT2D eigenvalue weighted by Crippen LogP contribution is -2.45. The van der Waals surface area contributed by atoms with Crippen LogP contribution in [0.3, 0.4) is 0 Å². The van der Waals surface area contributed by atoms with Crippen LogP contribution in [0.4, 0.5) is 5.69 Å². The van der Waals surface area contributed by atoms with Gasteiger partial charge in [-0.3, -0.25) is 4.79 Å². The SMILES string of the molecule is CC1=C(C(=O)Nc2ccccc2C)[C@H](c2cccc(Cl)c2)NC(=S)N1. The maximum absolute atomic E-state index is 13.0. The lowest BCUT2D eigenvalue weighted by atomic mass is 9.95. The molecule has 0 spiro atoms. The van der Waals surface area contributed by atoms with Crippen LogP contribution in [0, 0.1) is 6.92 Å². The van der Waals surface area contributed by atoms with Gasteiger partial charge in [-0.05, 0) is 55.4 Å². The molecule has 3 rings (SSSR count). The molecule has 0 saturated heterocycles. The number of halogens is 1. The van der Waals surface area contributed by atoms with E-state index in [0.717, 1.165) is 22.5 Å². The first-order chi connectivity index (χ1) is 12.0. The molecule has 1 atom stereocenters. The Morgan fingerprint density at radius 3 is 2.64 bits per heavy atom. The highest BCUT2D eigenvalue weighted by Gasteiger charge is 2.30. The van der Waals surface area contributed by atoms with Gasteiger partial charge in [-0.15, -0.1) is 0 Å². The number of aryl methyl sites for hydroxylation is 1. The second-order valence-corrected chi connectivity index (χ2v) is 6.74. The maximum Gasteiger partial charge on any atom is 0.255 e. The Morgan fingerprint density at radius 2 is 1.92 bits per heavy atom. The number of para-hydroxylation sites is 1. The van der Waals surface area contributed by atoms with E-state index in [2.05, 4.69) is 16.0 Å². The Bertz CT molecular complexity index is 878. The third kappa shape index (κ3) is 3.83. The molecule has 0 aromatic heterocycles. The number of thiocarbonyl (C=S) groups is 1. The van der Waals surface area contributed by atoms with Gasteiger partial charge in [0.2, 0.25) is 0 Å². The van der Waals surface area contributed by atoms with Gasteiger partial charge >= 0.3 is 0 Å². The minimum atomic E-state index is -0.364. The molecule has 1 aliphatic rings. The summed E-state index contributed by atoms with van der Waals surface area (Å²) in [4.78, 5) is 13.0. The summed E-state index contributed by atoms with van der Waals surface area (Å²) in [5.41, 5.74) is 3.97. The third-order valence-electron chi connectivity index (χ3n) is 4.09. The Kier molecular flexibility index (Phi) is 5.06. The fraction of sp³-hybridized carbons (Fsp3) is 0.158. The molecule has 4 nitrogen and oxygen atoms in total. The number of carbonyl (C=O) groups excluding carboxylic acids is 1. The zero-order valence-electron chi connectivity index (χ0n) is 13.9. The van der Waals surface area contributed by atoms with Crippen LogP contribution in [0.1, 0.15) is 24.1 Å². The normalized spacial score (nSPS) is 16.9. The summed E-state index contributed by atoms with van der Waals surface area (Å²) >= 11 is 11.4. The van der Waals surface area contributed by atoms with Crippen LogP contribution >= 0.6 is 23.8 Å². The number of benzene rings is 2. The molecule has 0 radical (unpaired) electrons. The quantitative estimate of drug-likeness (QED) is 0.711. The number of amides is 1. The van der Waals surface area contributed by atoms with Crippen molar-refractivity contribution in [2.24, 2.45) is 0 Å². The topological polar surface area (TPSA) is 53.2 Å². The smallest absolute Gasteiger partial charge is 0.255 e. The fourth-order valence-electron chi connectivity index (χ4n) is 2.83. The zero-order chi connectivity index (χ0) is 18.0. The minimum Gasteiger partial charge on any atom is -0.351 e. The summed E-state index contributed by atoms with van der Waals surface area (Å²) in [7, 11) is 0. The predicted molar refractivity (Wildman–Crippen MR) is 106 cm³/mol. The van der Waals surface area contributed by atoms with Crippen LogP contribution in [0.5, 0.6) is 0 Å². The molecule has 0 saturated carbocycles. The van der Waals surface area contributed by atoms with E-state index < -0.39 is 0 Å². The van der Waals surface area contributed by atoms with Crippen molar-refractivity contribution < 1.29 is 4.79 Å². The van der Waals surface area contributed by atoms with E-state index in [9.17, 15) is 4.79 Å². The van der Waals surface area contributed by atoms with E-state index in [1.54, 1.807) is 6.07 Å². The van der Waals surface area contributed by atoms with Crippen LogP contribution in [-0.2, 0) is 4.79 Å². The second kappa shape index (κ2) is 7.25. The first-order valence-corrected chi connectivity index (χ1v) is 8.65. The molecule has 1 aliphatic heterocycles. The summed E-state index contributed by atoms with van der Waals surface area (Å²) in [5, 5.41) is 10.3. The lowest BCUT2D eigenvalue weighted by Gasteiger charge is -2.30. The molecule has 1 heterocycles. The molecule has 0 fully saturated rings. The van der Waals surface area contributed by atoms with Gasteiger partial charge < -0.3 is 16.0 Å². The van der Waals surface area contributed by atoms with Gasteiger partial charge in [0, 0.05) is 16.4 Å². The highest BCUT2D eigenvalue weighted by Crippen LogP contribution is 2.29. The zero-order valence-corrected chi connectivity index (χ0v) is 15.5. The standard InChI is InChI=1S/C19H18ClN3OS/c1-11-6-3-4-9-15(11)22-18(24)16-12(2)21-19(25)23-17(16)13-7-5-8-14(20)10-13/h3-10,17H,1-2H3,(H,22,24)(H2,21,23,25)/t17-/m0/s1. The van der Waals surface area contributed by atoms with E-state index in [4.69, 9.17) is 23.8 Å². The van der Waals surface area contributed by atoms with Crippen molar-refractivity contribution >= 4 is 40.5 Å². The molecule has 6 heteroatoms. The summed E-state index contributed by atoms with van der Waals surface area (Å²) in [6.07, 6.45) is 0. The molecule has 2 aromatic rings. The maximum atomic E-state index is 13.0. The van der Waals surface area contributed by atoms with E-state index in [0.29, 0.717) is 15.7 Å². The van der Waals surface area contributed by atoms with Gasteiger partial charge in [0.1, 0.15) is 0 Å². The number of allylic oxidation sites excluding steroid dienone is 1. The number of nitrogens with one attached hydrogen (secondary N) is 3. The average molecular weight is 372 g/mol. The van der Waals surface area contributed by atoms with Crippen molar-refractivity contribution in [3.63, 3.8) is 0 Å². The molecule has 25 heavy (non-hydrogen) atoms. The van der Waals surface area contributed by atoms with Crippen molar-refractivity contribution in [1.29, 1.82) is 0 Å². The van der Waals surface area contributed by atoms with E-state index in [1.807, 2.05) is 56.3 Å². The summed E-state index contributed by atoms with van der Waals surface area (Å²) in [6, 6.07) is 14.7. The van der Waals surface area contributed by atoms with E-state index >= 15 is 0 Å². The molecule has 128 valence electrons. The molecule has 0 aliphatic carbocycles. The van der Waals surface area contributed by atoms with Gasteiger partial charge in [-0.1, -0.05) is 41.9 Å². The van der Waals surface area contributed by atoms with Gasteiger partial charge in [0.25, 0.3) is 5.91 Å². The van der Waals surface area contributed by atoms with Crippen molar-refractivity contribution in [3.8, 4) is 0 Å². The van der Waals surface area contributed by atoms with Crippen LogP contribution in [-0.4, -0.2) is 11.0 Å². The number of hydrogen-bond acceptors (Lipinski definition) is 2. The molecule has 0 bridgehead atoms. The largest absolute Gasteiger partial charge is 0.351 e. The number of anilines is 1. The minimum absolute atomic E-state index is 0.181. The first-order valence-electron chi connectivity index (χ1n) is 7.86. The Hall–Kier alpha value is -2.37. The molecular weight excluding hydrogens is 354 g/mol. The Balaban J connectivity index is 1.97. The Labute approximate surface area is 157 Å². The van der Waals surface area contributed by atoms with Crippen molar-refractivity contribution in [2.45, 2.75) is 19.9 Å². The highest BCUT2D eigenvalue weighted by atomic mass is 35.5. The van der Waals surface area contributed by atoms with Gasteiger partial charge in [0.05, 0.1) is 11.6 Å². The first kappa shape index (κ1) is 17.5. The van der Waals surface area contributed by atoms with Crippen LogP contribution in [0.2, 0.25) is 5.02 Å². The molecule has 3 N–H and O–H groups in total. The fourth-order valence-corrected chi connectivity index (χ4v) is 3.30. The molecular formula is C19H18ClN3OS. The summed E-state index contributed by atoms with van der Waals surface area (Å²) in [6.45, 7) is 3.80. The highest BCUT2D eigenvalue weighted by molar-refractivity contribution is 7.80. The van der Waals surface area contributed by atoms with Crippen molar-refractivity contribution in [2.75, 3.05) is 5.32 Å². The second-order valence-electron chi connectivity index (χ2n) is 5.89. The van der Waals surface area contributed by atoms with E-state index in [-0.39, 0.29) is 11.9 Å². The average Bonchev–Trinajstić information content (AvgIpc) is 2.56. The summed E-state index contributed by atoms with van der Waals surface area (Å²) in [5.74, 6) is -0.181. The van der Waals surface area contributed by atoms with Gasteiger partial charge in [0.15, 0.2) is 5.11 Å². The lowest BCUT2D eigenvalue weighted by molar-refractivity contribution is -0.113. The number of carbonyl (C=O) groups is 1. The third-order valence-corrected chi connectivity index (χ3v) is 4.54. The molecule has 1 amide bonds. The molecule has 0 unspecified atom stereocenters. The molecule has 2 aromatic carbocycles. The van der Waals surface area contributed by atoms with Crippen molar-refractivity contribution in [3.05, 3.63) is 76.0 Å².